The first-order chi connectivity index (χ1) is 8.33. The third-order valence-electron chi connectivity index (χ3n) is 3.09. The van der Waals surface area contributed by atoms with Crippen LogP contribution < -0.4 is 0 Å². The number of aromatic nitrogens is 3. The molecular formula is C12H15N3OS. The van der Waals surface area contributed by atoms with Gasteiger partial charge in [-0.15, -0.1) is 11.3 Å². The van der Waals surface area contributed by atoms with Crippen LogP contribution in [-0.2, 0) is 11.8 Å². The lowest BCUT2D eigenvalue weighted by molar-refractivity contribution is 0.0846. The molecule has 1 saturated heterocycles. The zero-order valence-electron chi connectivity index (χ0n) is 9.80. The van der Waals surface area contributed by atoms with Crippen LogP contribution in [0.1, 0.15) is 24.5 Å². The molecule has 4 nitrogen and oxygen atoms in total. The monoisotopic (exact) mass is 249 g/mol. The Kier molecular flexibility index (Phi) is 2.94. The summed E-state index contributed by atoms with van der Waals surface area (Å²) >= 11 is 1.68. The molecule has 17 heavy (non-hydrogen) atoms. The highest BCUT2D eigenvalue weighted by Crippen LogP contribution is 2.30. The molecule has 0 aromatic carbocycles. The summed E-state index contributed by atoms with van der Waals surface area (Å²) < 4.78 is 7.19. The lowest BCUT2D eigenvalue weighted by atomic mass is 9.98. The van der Waals surface area contributed by atoms with E-state index in [0.717, 1.165) is 36.8 Å². The topological polar surface area (TPSA) is 39.9 Å². The van der Waals surface area contributed by atoms with Gasteiger partial charge in [-0.2, -0.15) is 5.10 Å². The van der Waals surface area contributed by atoms with Crippen LogP contribution >= 0.6 is 11.3 Å². The Labute approximate surface area is 104 Å². The van der Waals surface area contributed by atoms with Gasteiger partial charge in [-0.25, -0.2) is 4.98 Å². The van der Waals surface area contributed by atoms with Gasteiger partial charge in [-0.3, -0.25) is 4.68 Å². The van der Waals surface area contributed by atoms with Crippen LogP contribution in [0.25, 0.3) is 10.7 Å². The normalized spacial score (nSPS) is 17.5. The van der Waals surface area contributed by atoms with E-state index in [4.69, 9.17) is 9.72 Å². The average molecular weight is 249 g/mol. The van der Waals surface area contributed by atoms with Crippen molar-refractivity contribution in [3.63, 3.8) is 0 Å². The molecule has 0 amide bonds. The molecule has 0 spiro atoms. The van der Waals surface area contributed by atoms with E-state index in [-0.39, 0.29) is 0 Å². The summed E-state index contributed by atoms with van der Waals surface area (Å²) in [5.41, 5.74) is 2.18. The number of hydrogen-bond acceptors (Lipinski definition) is 4. The van der Waals surface area contributed by atoms with E-state index in [0.29, 0.717) is 5.92 Å². The largest absolute Gasteiger partial charge is 0.381 e. The standard InChI is InChI=1S/C12H15N3OS/c1-15-5-2-10(14-15)12-13-11(8-17-12)9-3-6-16-7-4-9/h2,5,8-9H,3-4,6-7H2,1H3. The third-order valence-corrected chi connectivity index (χ3v) is 3.98. The minimum Gasteiger partial charge on any atom is -0.381 e. The molecule has 1 aliphatic heterocycles. The van der Waals surface area contributed by atoms with Gasteiger partial charge in [0.15, 0.2) is 0 Å². The van der Waals surface area contributed by atoms with Crippen LogP contribution in [0, 0.1) is 0 Å². The van der Waals surface area contributed by atoms with Gasteiger partial charge in [0, 0.05) is 37.8 Å². The van der Waals surface area contributed by atoms with Crippen LogP contribution in [0.4, 0.5) is 0 Å². The number of nitrogens with zero attached hydrogens (tertiary/aromatic N) is 3. The van der Waals surface area contributed by atoms with Crippen LogP contribution in [0.15, 0.2) is 17.6 Å². The average Bonchev–Trinajstić information content (AvgIpc) is 2.98. The summed E-state index contributed by atoms with van der Waals surface area (Å²) in [6, 6.07) is 2.01. The third kappa shape index (κ3) is 2.25. The Morgan fingerprint density at radius 2 is 2.24 bits per heavy atom. The number of thiazole rings is 1. The molecule has 0 atom stereocenters. The molecule has 5 heteroatoms. The van der Waals surface area contributed by atoms with Crippen molar-refractivity contribution >= 4 is 11.3 Å². The van der Waals surface area contributed by atoms with Gasteiger partial charge in [0.05, 0.1) is 5.69 Å². The van der Waals surface area contributed by atoms with E-state index in [2.05, 4.69) is 10.5 Å². The first-order valence-electron chi connectivity index (χ1n) is 5.86. The van der Waals surface area contributed by atoms with E-state index in [1.54, 1.807) is 11.3 Å². The number of rotatable bonds is 2. The van der Waals surface area contributed by atoms with E-state index in [1.165, 1.54) is 5.69 Å². The van der Waals surface area contributed by atoms with Crippen molar-refractivity contribution < 1.29 is 4.74 Å². The Hall–Kier alpha value is -1.20. The van der Waals surface area contributed by atoms with E-state index < -0.39 is 0 Å². The van der Waals surface area contributed by atoms with Crippen molar-refractivity contribution in [2.45, 2.75) is 18.8 Å². The maximum absolute atomic E-state index is 5.38. The van der Waals surface area contributed by atoms with Gasteiger partial charge in [0.25, 0.3) is 0 Å². The molecule has 0 unspecified atom stereocenters. The van der Waals surface area contributed by atoms with Crippen molar-refractivity contribution in [3.05, 3.63) is 23.3 Å². The maximum Gasteiger partial charge on any atom is 0.144 e. The second-order valence-corrected chi connectivity index (χ2v) is 5.20. The predicted octanol–water partition coefficient (Wildman–Crippen LogP) is 2.44. The van der Waals surface area contributed by atoms with Crippen LogP contribution in [0.2, 0.25) is 0 Å². The zero-order chi connectivity index (χ0) is 11.7. The molecule has 3 heterocycles. The highest BCUT2D eigenvalue weighted by atomic mass is 32.1. The van der Waals surface area contributed by atoms with Gasteiger partial charge in [-0.05, 0) is 18.9 Å². The second-order valence-electron chi connectivity index (χ2n) is 4.34. The summed E-state index contributed by atoms with van der Waals surface area (Å²) in [5, 5.41) is 7.57. The Balaban J connectivity index is 1.82. The number of aryl methyl sites for hydroxylation is 1. The van der Waals surface area contributed by atoms with Crippen molar-refractivity contribution in [2.75, 3.05) is 13.2 Å². The summed E-state index contributed by atoms with van der Waals surface area (Å²) in [6.45, 7) is 1.72. The van der Waals surface area contributed by atoms with Crippen molar-refractivity contribution in [1.29, 1.82) is 0 Å². The fourth-order valence-corrected chi connectivity index (χ4v) is 2.98. The summed E-state index contributed by atoms with van der Waals surface area (Å²) in [4.78, 5) is 4.70. The molecule has 0 bridgehead atoms. The number of ether oxygens (including phenoxy) is 1. The second kappa shape index (κ2) is 4.58. The molecule has 2 aromatic rings. The molecule has 2 aromatic heterocycles. The molecule has 0 saturated carbocycles. The fourth-order valence-electron chi connectivity index (χ4n) is 2.11. The summed E-state index contributed by atoms with van der Waals surface area (Å²) in [6.07, 6.45) is 4.13. The fraction of sp³-hybridized carbons (Fsp3) is 0.500. The molecule has 1 fully saturated rings. The van der Waals surface area contributed by atoms with Gasteiger partial charge < -0.3 is 4.74 Å². The summed E-state index contributed by atoms with van der Waals surface area (Å²) in [5.74, 6) is 0.567. The molecule has 0 radical (unpaired) electrons. The Morgan fingerprint density at radius 1 is 1.41 bits per heavy atom. The first kappa shape index (κ1) is 10.9. The van der Waals surface area contributed by atoms with Crippen LogP contribution in [0.5, 0.6) is 0 Å². The molecular weight excluding hydrogens is 234 g/mol. The first-order valence-corrected chi connectivity index (χ1v) is 6.74. The van der Waals surface area contributed by atoms with Gasteiger partial charge in [0.2, 0.25) is 0 Å². The molecule has 90 valence electrons. The zero-order valence-corrected chi connectivity index (χ0v) is 10.6. The smallest absolute Gasteiger partial charge is 0.144 e. The Bertz CT molecular complexity index is 499. The highest BCUT2D eigenvalue weighted by molar-refractivity contribution is 7.13. The van der Waals surface area contributed by atoms with Crippen LogP contribution in [0.3, 0.4) is 0 Å². The minimum absolute atomic E-state index is 0.567. The van der Waals surface area contributed by atoms with Crippen molar-refractivity contribution in [3.8, 4) is 10.7 Å². The molecule has 1 aliphatic rings. The van der Waals surface area contributed by atoms with Gasteiger partial charge in [0.1, 0.15) is 10.7 Å². The van der Waals surface area contributed by atoms with Crippen molar-refractivity contribution in [1.82, 2.24) is 14.8 Å². The Morgan fingerprint density at radius 3 is 2.94 bits per heavy atom. The van der Waals surface area contributed by atoms with Gasteiger partial charge >= 0.3 is 0 Å². The molecule has 3 rings (SSSR count). The SMILES string of the molecule is Cn1ccc(-c2nc(C3CCOCC3)cs2)n1. The van der Waals surface area contributed by atoms with Crippen LogP contribution in [-0.4, -0.2) is 28.0 Å². The molecule has 0 aliphatic carbocycles. The summed E-state index contributed by atoms with van der Waals surface area (Å²) in [7, 11) is 1.93. The van der Waals surface area contributed by atoms with Crippen molar-refractivity contribution in [2.24, 2.45) is 7.05 Å². The predicted molar refractivity (Wildman–Crippen MR) is 67.1 cm³/mol. The van der Waals surface area contributed by atoms with Gasteiger partial charge in [-0.1, -0.05) is 0 Å². The molecule has 0 N–H and O–H groups in total. The van der Waals surface area contributed by atoms with E-state index >= 15 is 0 Å². The highest BCUT2D eigenvalue weighted by Gasteiger charge is 2.19. The lowest BCUT2D eigenvalue weighted by Gasteiger charge is -2.19. The maximum atomic E-state index is 5.38. The van der Waals surface area contributed by atoms with E-state index in [9.17, 15) is 0 Å². The minimum atomic E-state index is 0.567. The quantitative estimate of drug-likeness (QED) is 0.820. The lowest BCUT2D eigenvalue weighted by Crippen LogP contribution is -2.14. The van der Waals surface area contributed by atoms with E-state index in [1.807, 2.05) is 24.0 Å². The number of hydrogen-bond donors (Lipinski definition) is 0.